The summed E-state index contributed by atoms with van der Waals surface area (Å²) in [6.07, 6.45) is 3.62. The molecule has 0 radical (unpaired) electrons. The summed E-state index contributed by atoms with van der Waals surface area (Å²) in [6.45, 7) is 0. The Morgan fingerprint density at radius 2 is 1.77 bits per heavy atom. The Morgan fingerprint density at radius 3 is 2.23 bits per heavy atom. The predicted octanol–water partition coefficient (Wildman–Crippen LogP) is 3.56. The van der Waals surface area contributed by atoms with Crippen molar-refractivity contribution in [2.24, 2.45) is 0 Å². The normalized spacial score (nSPS) is 10.7. The molecule has 13 heavy (non-hydrogen) atoms. The molecule has 1 rings (SSSR count). The maximum Gasteiger partial charge on any atom is 0.142 e. The molecule has 4 heteroatoms. The lowest BCUT2D eigenvalue weighted by atomic mass is 10.2. The van der Waals surface area contributed by atoms with E-state index in [-0.39, 0.29) is 5.82 Å². The van der Waals surface area contributed by atoms with Gasteiger partial charge in [0.05, 0.1) is 0 Å². The van der Waals surface area contributed by atoms with E-state index in [9.17, 15) is 9.18 Å². The molecule has 1 aromatic rings. The smallest absolute Gasteiger partial charge is 0.142 e. The molecule has 0 N–H and O–H groups in total. The fourth-order valence-electron chi connectivity index (χ4n) is 0.848. The van der Waals surface area contributed by atoms with Gasteiger partial charge in [-0.1, -0.05) is 31.9 Å². The molecular formula is C9H5Br2FO. The summed E-state index contributed by atoms with van der Waals surface area (Å²) < 4.78 is 14.0. The van der Waals surface area contributed by atoms with Gasteiger partial charge in [-0.2, -0.15) is 0 Å². The van der Waals surface area contributed by atoms with E-state index in [1.165, 1.54) is 18.2 Å². The second-order valence-corrected chi connectivity index (χ2v) is 3.99. The van der Waals surface area contributed by atoms with Crippen LogP contribution in [-0.2, 0) is 4.79 Å². The number of hydrogen-bond acceptors (Lipinski definition) is 1. The minimum atomic E-state index is -0.331. The van der Waals surface area contributed by atoms with Crippen molar-refractivity contribution < 1.29 is 9.18 Å². The Kier molecular flexibility index (Phi) is 3.81. The number of carbonyl (C=O) groups excluding carboxylic acids is 1. The van der Waals surface area contributed by atoms with Gasteiger partial charge in [-0.05, 0) is 24.3 Å². The largest absolute Gasteiger partial charge is 0.299 e. The summed E-state index contributed by atoms with van der Waals surface area (Å²) in [4.78, 5) is 10.1. The minimum absolute atomic E-state index is 0.331. The summed E-state index contributed by atoms with van der Waals surface area (Å²) in [7, 11) is 0. The molecule has 0 bridgehead atoms. The molecule has 68 valence electrons. The van der Waals surface area contributed by atoms with Crippen molar-refractivity contribution in [3.8, 4) is 0 Å². The summed E-state index contributed by atoms with van der Waals surface area (Å²) in [6, 6.07) is 2.68. The van der Waals surface area contributed by atoms with E-state index >= 15 is 0 Å². The number of carbonyl (C=O) groups is 1. The quantitative estimate of drug-likeness (QED) is 0.603. The van der Waals surface area contributed by atoms with Crippen LogP contribution >= 0.6 is 31.9 Å². The van der Waals surface area contributed by atoms with Gasteiger partial charge < -0.3 is 0 Å². The lowest BCUT2D eigenvalue weighted by Gasteiger charge is -2.01. The second kappa shape index (κ2) is 4.67. The summed E-state index contributed by atoms with van der Waals surface area (Å²) in [5.74, 6) is -0.331. The molecule has 0 saturated carbocycles. The molecule has 0 unspecified atom stereocenters. The van der Waals surface area contributed by atoms with E-state index in [1.807, 2.05) is 0 Å². The van der Waals surface area contributed by atoms with Crippen LogP contribution in [0.3, 0.4) is 0 Å². The zero-order chi connectivity index (χ0) is 9.84. The van der Waals surface area contributed by atoms with Gasteiger partial charge in [0, 0.05) is 14.5 Å². The van der Waals surface area contributed by atoms with Gasteiger partial charge in [-0.25, -0.2) is 4.39 Å². The van der Waals surface area contributed by atoms with Crippen LogP contribution in [0.1, 0.15) is 5.56 Å². The lowest BCUT2D eigenvalue weighted by Crippen LogP contribution is -1.82. The van der Waals surface area contributed by atoms with Crippen molar-refractivity contribution in [1.29, 1.82) is 0 Å². The number of allylic oxidation sites excluding steroid dienone is 1. The predicted molar refractivity (Wildman–Crippen MR) is 56.9 cm³/mol. The van der Waals surface area contributed by atoms with Crippen molar-refractivity contribution in [2.75, 3.05) is 0 Å². The van der Waals surface area contributed by atoms with Gasteiger partial charge in [-0.15, -0.1) is 0 Å². The molecule has 1 aromatic carbocycles. The van der Waals surface area contributed by atoms with Crippen LogP contribution in [-0.4, -0.2) is 6.29 Å². The SMILES string of the molecule is O=CC=Cc1c(Br)cc(F)cc1Br. The van der Waals surface area contributed by atoms with Crippen LogP contribution in [0, 0.1) is 5.82 Å². The molecule has 0 fully saturated rings. The fourth-order valence-corrected chi connectivity index (χ4v) is 2.24. The molecule has 1 nitrogen and oxygen atoms in total. The van der Waals surface area contributed by atoms with Gasteiger partial charge in [-0.3, -0.25) is 4.79 Å². The first-order chi connectivity index (χ1) is 6.15. The van der Waals surface area contributed by atoms with E-state index in [0.717, 1.165) is 5.56 Å². The molecular weight excluding hydrogens is 303 g/mol. The van der Waals surface area contributed by atoms with Crippen LogP contribution < -0.4 is 0 Å². The Bertz CT molecular complexity index is 338. The highest BCUT2D eigenvalue weighted by Gasteiger charge is 2.03. The second-order valence-electron chi connectivity index (χ2n) is 2.28. The van der Waals surface area contributed by atoms with Gasteiger partial charge in [0.2, 0.25) is 0 Å². The number of hydrogen-bond donors (Lipinski definition) is 0. The van der Waals surface area contributed by atoms with Crippen LogP contribution in [0.2, 0.25) is 0 Å². The topological polar surface area (TPSA) is 17.1 Å². The minimum Gasteiger partial charge on any atom is -0.299 e. The Morgan fingerprint density at radius 1 is 1.23 bits per heavy atom. The zero-order valence-electron chi connectivity index (χ0n) is 6.43. The highest BCUT2D eigenvalue weighted by Crippen LogP contribution is 2.27. The number of benzene rings is 1. The molecule has 0 amide bonds. The van der Waals surface area contributed by atoms with Crippen molar-refractivity contribution in [1.82, 2.24) is 0 Å². The average molecular weight is 308 g/mol. The summed E-state index contributed by atoms with van der Waals surface area (Å²) >= 11 is 6.38. The molecule has 0 aliphatic carbocycles. The van der Waals surface area contributed by atoms with E-state index < -0.39 is 0 Å². The monoisotopic (exact) mass is 306 g/mol. The summed E-state index contributed by atoms with van der Waals surface area (Å²) in [5.41, 5.74) is 0.744. The standard InChI is InChI=1S/C9H5Br2FO/c10-8-4-6(12)5-9(11)7(8)2-1-3-13/h1-5H. The highest BCUT2D eigenvalue weighted by atomic mass is 79.9. The van der Waals surface area contributed by atoms with Crippen LogP contribution in [0.4, 0.5) is 4.39 Å². The average Bonchev–Trinajstić information content (AvgIpc) is 2.02. The van der Waals surface area contributed by atoms with Gasteiger partial charge in [0.25, 0.3) is 0 Å². The first-order valence-corrected chi connectivity index (χ1v) is 5.00. The van der Waals surface area contributed by atoms with Crippen molar-refractivity contribution in [3.05, 3.63) is 38.5 Å². The maximum atomic E-state index is 12.8. The zero-order valence-corrected chi connectivity index (χ0v) is 9.60. The third-order valence-corrected chi connectivity index (χ3v) is 2.70. The van der Waals surface area contributed by atoms with E-state index in [0.29, 0.717) is 15.2 Å². The van der Waals surface area contributed by atoms with E-state index in [1.54, 1.807) is 6.08 Å². The maximum absolute atomic E-state index is 12.8. The lowest BCUT2D eigenvalue weighted by molar-refractivity contribution is -0.104. The third kappa shape index (κ3) is 2.74. The van der Waals surface area contributed by atoms with Crippen molar-refractivity contribution >= 4 is 44.2 Å². The summed E-state index contributed by atoms with van der Waals surface area (Å²) in [5, 5.41) is 0. The molecule has 0 aliphatic rings. The molecule has 0 aliphatic heterocycles. The molecule has 0 spiro atoms. The number of rotatable bonds is 2. The number of halogens is 3. The van der Waals surface area contributed by atoms with Crippen LogP contribution in [0.5, 0.6) is 0 Å². The van der Waals surface area contributed by atoms with E-state index in [2.05, 4.69) is 31.9 Å². The Labute approximate surface area is 91.9 Å². The van der Waals surface area contributed by atoms with Crippen LogP contribution in [0.25, 0.3) is 6.08 Å². The molecule has 0 atom stereocenters. The third-order valence-electron chi connectivity index (χ3n) is 1.39. The molecule has 0 saturated heterocycles. The van der Waals surface area contributed by atoms with Gasteiger partial charge in [0.1, 0.15) is 12.1 Å². The molecule has 0 heterocycles. The van der Waals surface area contributed by atoms with Crippen molar-refractivity contribution in [3.63, 3.8) is 0 Å². The first-order valence-electron chi connectivity index (χ1n) is 3.41. The first kappa shape index (κ1) is 10.6. The Balaban J connectivity index is 3.20. The van der Waals surface area contributed by atoms with E-state index in [4.69, 9.17) is 0 Å². The Hall–Kier alpha value is -0.480. The van der Waals surface area contributed by atoms with Gasteiger partial charge >= 0.3 is 0 Å². The van der Waals surface area contributed by atoms with Crippen LogP contribution in [0.15, 0.2) is 27.2 Å². The van der Waals surface area contributed by atoms with Gasteiger partial charge in [0.15, 0.2) is 0 Å². The highest BCUT2D eigenvalue weighted by molar-refractivity contribution is 9.11. The van der Waals surface area contributed by atoms with Crippen molar-refractivity contribution in [2.45, 2.75) is 0 Å². The number of aldehydes is 1. The fraction of sp³-hybridized carbons (Fsp3) is 0. The molecule has 0 aromatic heterocycles.